The van der Waals surface area contributed by atoms with E-state index in [2.05, 4.69) is 20.7 Å². The fourth-order valence-electron chi connectivity index (χ4n) is 2.32. The second-order valence-corrected chi connectivity index (χ2v) is 8.08. The topological polar surface area (TPSA) is 73.9 Å². The SMILES string of the molecule is CCOc1c(Br)cc(Cl)cc1NS(=O)(=O)c1ccc2c(c1)OCCO2. The van der Waals surface area contributed by atoms with Gasteiger partial charge in [0.15, 0.2) is 17.2 Å². The minimum Gasteiger partial charge on any atom is -0.490 e. The Hall–Kier alpha value is -1.64. The summed E-state index contributed by atoms with van der Waals surface area (Å²) in [5.74, 6) is 1.28. The Labute approximate surface area is 159 Å². The van der Waals surface area contributed by atoms with Crippen molar-refractivity contribution in [2.45, 2.75) is 11.8 Å². The third-order valence-electron chi connectivity index (χ3n) is 3.37. The number of hydrogen-bond acceptors (Lipinski definition) is 5. The number of nitrogens with one attached hydrogen (secondary N) is 1. The van der Waals surface area contributed by atoms with Crippen molar-refractivity contribution in [3.05, 3.63) is 39.8 Å². The Morgan fingerprint density at radius 3 is 2.64 bits per heavy atom. The van der Waals surface area contributed by atoms with Gasteiger partial charge in [0.1, 0.15) is 13.2 Å². The Morgan fingerprint density at radius 2 is 1.92 bits per heavy atom. The maximum Gasteiger partial charge on any atom is 0.262 e. The van der Waals surface area contributed by atoms with Gasteiger partial charge in [-0.3, -0.25) is 4.72 Å². The molecule has 9 heteroatoms. The van der Waals surface area contributed by atoms with Crippen molar-refractivity contribution >= 4 is 43.2 Å². The van der Waals surface area contributed by atoms with Crippen LogP contribution in [0.1, 0.15) is 6.92 Å². The highest BCUT2D eigenvalue weighted by molar-refractivity contribution is 9.10. The van der Waals surface area contributed by atoms with Crippen LogP contribution in [0.4, 0.5) is 5.69 Å². The van der Waals surface area contributed by atoms with E-state index in [4.69, 9.17) is 25.8 Å². The summed E-state index contributed by atoms with van der Waals surface area (Å²) in [6.07, 6.45) is 0. The van der Waals surface area contributed by atoms with E-state index in [0.29, 0.717) is 46.6 Å². The first-order chi connectivity index (χ1) is 11.9. The van der Waals surface area contributed by atoms with Crippen molar-refractivity contribution in [1.29, 1.82) is 0 Å². The number of rotatable bonds is 5. The Balaban J connectivity index is 1.97. The zero-order chi connectivity index (χ0) is 18.0. The fourth-order valence-corrected chi connectivity index (χ4v) is 4.31. The van der Waals surface area contributed by atoms with E-state index in [1.807, 2.05) is 0 Å². The van der Waals surface area contributed by atoms with Gasteiger partial charge in [0.05, 0.1) is 21.7 Å². The van der Waals surface area contributed by atoms with Crippen LogP contribution in [0.2, 0.25) is 5.02 Å². The van der Waals surface area contributed by atoms with Crippen LogP contribution in [0.3, 0.4) is 0 Å². The van der Waals surface area contributed by atoms with Gasteiger partial charge >= 0.3 is 0 Å². The maximum absolute atomic E-state index is 12.7. The summed E-state index contributed by atoms with van der Waals surface area (Å²) in [6, 6.07) is 7.58. The molecule has 0 unspecified atom stereocenters. The highest BCUT2D eigenvalue weighted by atomic mass is 79.9. The molecule has 0 saturated heterocycles. The van der Waals surface area contributed by atoms with Gasteiger partial charge in [-0.2, -0.15) is 0 Å². The molecule has 2 aromatic rings. The quantitative estimate of drug-likeness (QED) is 0.746. The van der Waals surface area contributed by atoms with E-state index in [1.54, 1.807) is 19.1 Å². The first kappa shape index (κ1) is 18.2. The van der Waals surface area contributed by atoms with Gasteiger partial charge in [-0.1, -0.05) is 11.6 Å². The lowest BCUT2D eigenvalue weighted by Crippen LogP contribution is -2.17. The zero-order valence-electron chi connectivity index (χ0n) is 13.2. The Morgan fingerprint density at radius 1 is 1.20 bits per heavy atom. The highest BCUT2D eigenvalue weighted by Crippen LogP contribution is 2.38. The molecule has 1 aliphatic rings. The predicted molar refractivity (Wildman–Crippen MR) is 98.6 cm³/mol. The van der Waals surface area contributed by atoms with Crippen molar-refractivity contribution in [3.63, 3.8) is 0 Å². The molecular formula is C16H15BrClNO5S. The molecule has 3 rings (SSSR count). The molecule has 0 aromatic heterocycles. The fraction of sp³-hybridized carbons (Fsp3) is 0.250. The molecule has 0 aliphatic carbocycles. The predicted octanol–water partition coefficient (Wildman–Crippen LogP) is 4.07. The summed E-state index contributed by atoms with van der Waals surface area (Å²) in [6.45, 7) is 2.99. The molecule has 0 amide bonds. The molecule has 1 heterocycles. The molecule has 1 N–H and O–H groups in total. The number of hydrogen-bond donors (Lipinski definition) is 1. The summed E-state index contributed by atoms with van der Waals surface area (Å²) in [4.78, 5) is 0.0512. The number of sulfonamides is 1. The number of halogens is 2. The molecule has 0 fully saturated rings. The van der Waals surface area contributed by atoms with E-state index in [9.17, 15) is 8.42 Å². The van der Waals surface area contributed by atoms with E-state index in [0.717, 1.165) is 0 Å². The van der Waals surface area contributed by atoms with Crippen molar-refractivity contribution in [2.75, 3.05) is 24.5 Å². The monoisotopic (exact) mass is 447 g/mol. The van der Waals surface area contributed by atoms with E-state index in [1.165, 1.54) is 18.2 Å². The lowest BCUT2D eigenvalue weighted by Gasteiger charge is -2.19. The average Bonchev–Trinajstić information content (AvgIpc) is 2.57. The van der Waals surface area contributed by atoms with Crippen LogP contribution >= 0.6 is 27.5 Å². The van der Waals surface area contributed by atoms with Crippen LogP contribution in [0, 0.1) is 0 Å². The molecule has 25 heavy (non-hydrogen) atoms. The first-order valence-electron chi connectivity index (χ1n) is 7.45. The second kappa shape index (κ2) is 7.31. The molecule has 2 aromatic carbocycles. The highest BCUT2D eigenvalue weighted by Gasteiger charge is 2.22. The van der Waals surface area contributed by atoms with Crippen molar-refractivity contribution in [3.8, 4) is 17.2 Å². The van der Waals surface area contributed by atoms with Crippen molar-refractivity contribution in [2.24, 2.45) is 0 Å². The summed E-state index contributed by atoms with van der Waals surface area (Å²) in [5, 5.41) is 0.371. The smallest absolute Gasteiger partial charge is 0.262 e. The largest absolute Gasteiger partial charge is 0.490 e. The van der Waals surface area contributed by atoms with E-state index < -0.39 is 10.0 Å². The van der Waals surface area contributed by atoms with Crippen LogP contribution in [0.5, 0.6) is 17.2 Å². The number of fused-ring (bicyclic) bond motifs is 1. The van der Waals surface area contributed by atoms with Gasteiger partial charge in [0.25, 0.3) is 10.0 Å². The molecule has 0 saturated carbocycles. The standard InChI is InChI=1S/C16H15BrClNO5S/c1-2-22-16-12(17)7-10(18)8-13(16)19-25(20,21)11-3-4-14-15(9-11)24-6-5-23-14/h3-4,7-9,19H,2,5-6H2,1H3. The molecule has 0 bridgehead atoms. The first-order valence-corrected chi connectivity index (χ1v) is 10.1. The molecule has 6 nitrogen and oxygen atoms in total. The second-order valence-electron chi connectivity index (χ2n) is 5.11. The molecule has 0 atom stereocenters. The molecule has 0 radical (unpaired) electrons. The Kier molecular flexibility index (Phi) is 5.31. The average molecular weight is 449 g/mol. The molecular weight excluding hydrogens is 434 g/mol. The van der Waals surface area contributed by atoms with Gasteiger partial charge in [0, 0.05) is 11.1 Å². The molecule has 0 spiro atoms. The molecule has 1 aliphatic heterocycles. The summed E-state index contributed by atoms with van der Waals surface area (Å²) in [7, 11) is -3.87. The number of benzene rings is 2. The van der Waals surface area contributed by atoms with Gasteiger partial charge in [0.2, 0.25) is 0 Å². The third kappa shape index (κ3) is 3.96. The van der Waals surface area contributed by atoms with Crippen molar-refractivity contribution in [1.82, 2.24) is 0 Å². The maximum atomic E-state index is 12.7. The normalized spacial score (nSPS) is 13.4. The van der Waals surface area contributed by atoms with Crippen LogP contribution in [-0.2, 0) is 10.0 Å². The molecule has 134 valence electrons. The van der Waals surface area contributed by atoms with Crippen molar-refractivity contribution < 1.29 is 22.6 Å². The Bertz CT molecular complexity index is 904. The van der Waals surface area contributed by atoms with Crippen LogP contribution < -0.4 is 18.9 Å². The minimum atomic E-state index is -3.87. The van der Waals surface area contributed by atoms with Crippen LogP contribution in [0.15, 0.2) is 39.7 Å². The number of ether oxygens (including phenoxy) is 3. The minimum absolute atomic E-state index is 0.0512. The van der Waals surface area contributed by atoms with Gasteiger partial charge in [-0.25, -0.2) is 8.42 Å². The lowest BCUT2D eigenvalue weighted by atomic mass is 10.3. The van der Waals surface area contributed by atoms with Gasteiger partial charge in [-0.05, 0) is 47.1 Å². The zero-order valence-corrected chi connectivity index (χ0v) is 16.4. The van der Waals surface area contributed by atoms with E-state index in [-0.39, 0.29) is 10.6 Å². The summed E-state index contributed by atoms with van der Waals surface area (Å²) >= 11 is 9.37. The third-order valence-corrected chi connectivity index (χ3v) is 5.54. The number of anilines is 1. The van der Waals surface area contributed by atoms with Crippen LogP contribution in [-0.4, -0.2) is 28.2 Å². The van der Waals surface area contributed by atoms with Crippen LogP contribution in [0.25, 0.3) is 0 Å². The van der Waals surface area contributed by atoms with E-state index >= 15 is 0 Å². The lowest BCUT2D eigenvalue weighted by molar-refractivity contribution is 0.171. The van der Waals surface area contributed by atoms with Gasteiger partial charge < -0.3 is 14.2 Å². The summed E-state index contributed by atoms with van der Waals surface area (Å²) < 4.78 is 44.9. The van der Waals surface area contributed by atoms with Gasteiger partial charge in [-0.15, -0.1) is 0 Å². The summed E-state index contributed by atoms with van der Waals surface area (Å²) in [5.41, 5.74) is 0.246.